The lowest BCUT2D eigenvalue weighted by Gasteiger charge is -2.23. The van der Waals surface area contributed by atoms with E-state index in [1.807, 2.05) is 32.2 Å². The Morgan fingerprint density at radius 3 is 2.32 bits per heavy atom. The quantitative estimate of drug-likeness (QED) is 0.468. The molecule has 0 bridgehead atoms. The number of benzene rings is 2. The number of fused-ring (bicyclic) bond motifs is 3. The van der Waals surface area contributed by atoms with Crippen molar-refractivity contribution in [1.29, 1.82) is 0 Å². The summed E-state index contributed by atoms with van der Waals surface area (Å²) in [5, 5.41) is 13.1. The fourth-order valence-electron chi connectivity index (χ4n) is 3.90. The zero-order valence-electron chi connectivity index (χ0n) is 17.5. The SMILES string of the molecule is Cc1ccc(C(C)(C)O)c(-n2c3ccc(C(C)(C)C)cc3c3cccnc32)c1. The highest BCUT2D eigenvalue weighted by Crippen LogP contribution is 2.37. The number of hydrogen-bond donors (Lipinski definition) is 1. The van der Waals surface area contributed by atoms with E-state index in [0.29, 0.717) is 0 Å². The van der Waals surface area contributed by atoms with Crippen LogP contribution in [-0.2, 0) is 11.0 Å². The smallest absolute Gasteiger partial charge is 0.145 e. The number of aromatic nitrogens is 2. The fourth-order valence-corrected chi connectivity index (χ4v) is 3.90. The number of hydrogen-bond acceptors (Lipinski definition) is 2. The predicted octanol–water partition coefficient (Wildman–Crippen LogP) is 6.01. The van der Waals surface area contributed by atoms with Crippen molar-refractivity contribution in [3.05, 3.63) is 71.4 Å². The maximum Gasteiger partial charge on any atom is 0.145 e. The molecule has 1 N–H and O–H groups in total. The van der Waals surface area contributed by atoms with Gasteiger partial charge in [0, 0.05) is 22.5 Å². The molecule has 3 nitrogen and oxygen atoms in total. The minimum absolute atomic E-state index is 0.0758. The van der Waals surface area contributed by atoms with Crippen LogP contribution in [0.4, 0.5) is 0 Å². The molecule has 0 radical (unpaired) electrons. The summed E-state index contributed by atoms with van der Waals surface area (Å²) in [7, 11) is 0. The molecular weight excluding hydrogens is 344 g/mol. The van der Waals surface area contributed by atoms with Gasteiger partial charge in [0.2, 0.25) is 0 Å². The topological polar surface area (TPSA) is 38.0 Å². The van der Waals surface area contributed by atoms with Crippen LogP contribution in [0.3, 0.4) is 0 Å². The predicted molar refractivity (Wildman–Crippen MR) is 117 cm³/mol. The molecule has 3 heteroatoms. The summed E-state index contributed by atoms with van der Waals surface area (Å²) in [6.45, 7) is 12.5. The summed E-state index contributed by atoms with van der Waals surface area (Å²) < 4.78 is 2.19. The van der Waals surface area contributed by atoms with Crippen LogP contribution in [0.1, 0.15) is 51.3 Å². The summed E-state index contributed by atoms with van der Waals surface area (Å²) >= 11 is 0. The van der Waals surface area contributed by atoms with Gasteiger partial charge < -0.3 is 5.11 Å². The molecule has 0 aliphatic rings. The van der Waals surface area contributed by atoms with Crippen molar-refractivity contribution in [3.63, 3.8) is 0 Å². The molecular formula is C25H28N2O. The van der Waals surface area contributed by atoms with Crippen molar-refractivity contribution in [1.82, 2.24) is 9.55 Å². The lowest BCUT2D eigenvalue weighted by atomic mass is 9.86. The highest BCUT2D eigenvalue weighted by Gasteiger charge is 2.24. The summed E-state index contributed by atoms with van der Waals surface area (Å²) in [4.78, 5) is 4.72. The zero-order valence-corrected chi connectivity index (χ0v) is 17.5. The second-order valence-electron chi connectivity index (χ2n) is 9.27. The third kappa shape index (κ3) is 3.00. The summed E-state index contributed by atoms with van der Waals surface area (Å²) in [6, 6.07) is 17.0. The lowest BCUT2D eigenvalue weighted by Crippen LogP contribution is -2.19. The minimum Gasteiger partial charge on any atom is -0.386 e. The van der Waals surface area contributed by atoms with E-state index in [9.17, 15) is 5.11 Å². The van der Waals surface area contributed by atoms with Crippen LogP contribution >= 0.6 is 0 Å². The Balaban J connectivity index is 2.15. The van der Waals surface area contributed by atoms with Crippen LogP contribution in [0.15, 0.2) is 54.7 Å². The van der Waals surface area contributed by atoms with Gasteiger partial charge in [-0.1, -0.05) is 39.0 Å². The number of rotatable bonds is 2. The highest BCUT2D eigenvalue weighted by atomic mass is 16.3. The molecule has 0 spiro atoms. The third-order valence-corrected chi connectivity index (χ3v) is 5.45. The molecule has 2 aromatic carbocycles. The Kier molecular flexibility index (Phi) is 4.13. The minimum atomic E-state index is -0.952. The summed E-state index contributed by atoms with van der Waals surface area (Å²) in [6.07, 6.45) is 1.84. The van der Waals surface area contributed by atoms with E-state index in [0.717, 1.165) is 33.4 Å². The molecule has 0 aliphatic heterocycles. The Morgan fingerprint density at radius 1 is 0.893 bits per heavy atom. The average Bonchev–Trinajstić information content (AvgIpc) is 2.93. The van der Waals surface area contributed by atoms with E-state index in [1.54, 1.807) is 0 Å². The van der Waals surface area contributed by atoms with Gasteiger partial charge in [0.25, 0.3) is 0 Å². The highest BCUT2D eigenvalue weighted by molar-refractivity contribution is 6.08. The van der Waals surface area contributed by atoms with Crippen LogP contribution in [0.2, 0.25) is 0 Å². The first-order valence-electron chi connectivity index (χ1n) is 9.81. The summed E-state index contributed by atoms with van der Waals surface area (Å²) in [5.74, 6) is 0. The molecule has 0 atom stereocenters. The summed E-state index contributed by atoms with van der Waals surface area (Å²) in [5.41, 5.74) is 5.48. The third-order valence-electron chi connectivity index (χ3n) is 5.45. The first-order valence-corrected chi connectivity index (χ1v) is 9.81. The van der Waals surface area contributed by atoms with Crippen molar-refractivity contribution in [2.45, 2.75) is 52.6 Å². The van der Waals surface area contributed by atoms with Gasteiger partial charge >= 0.3 is 0 Å². The van der Waals surface area contributed by atoms with Crippen molar-refractivity contribution < 1.29 is 5.11 Å². The average molecular weight is 373 g/mol. The Labute approximate surface area is 166 Å². The van der Waals surface area contributed by atoms with Gasteiger partial charge in [-0.15, -0.1) is 0 Å². The van der Waals surface area contributed by atoms with Crippen LogP contribution in [0, 0.1) is 6.92 Å². The molecule has 0 unspecified atom stereocenters. The van der Waals surface area contributed by atoms with Crippen LogP contribution in [0.5, 0.6) is 0 Å². The molecule has 2 aromatic heterocycles. The molecule has 144 valence electrons. The molecule has 0 fully saturated rings. The van der Waals surface area contributed by atoms with Crippen molar-refractivity contribution in [2.24, 2.45) is 0 Å². The number of aliphatic hydroxyl groups is 1. The van der Waals surface area contributed by atoms with Crippen molar-refractivity contribution >= 4 is 21.9 Å². The van der Waals surface area contributed by atoms with E-state index in [1.165, 1.54) is 10.9 Å². The zero-order chi connectivity index (χ0) is 20.3. The molecule has 0 aliphatic carbocycles. The normalized spacial score (nSPS) is 12.8. The monoisotopic (exact) mass is 372 g/mol. The first kappa shape index (κ1) is 18.7. The van der Waals surface area contributed by atoms with E-state index >= 15 is 0 Å². The van der Waals surface area contributed by atoms with E-state index in [-0.39, 0.29) is 5.41 Å². The number of aryl methyl sites for hydroxylation is 1. The molecule has 0 amide bonds. The maximum absolute atomic E-state index is 10.8. The van der Waals surface area contributed by atoms with E-state index in [2.05, 4.69) is 68.7 Å². The van der Waals surface area contributed by atoms with Crippen LogP contribution in [0.25, 0.3) is 27.6 Å². The van der Waals surface area contributed by atoms with Gasteiger partial charge in [-0.05, 0) is 67.6 Å². The first-order chi connectivity index (χ1) is 13.1. The number of pyridine rings is 1. The standard InChI is InChI=1S/C25H28N2O/c1-16-9-11-20(25(5,6)28)22(14-16)27-21-12-10-17(24(2,3)4)15-19(21)18-8-7-13-26-23(18)27/h7-15,28H,1-6H3. The van der Waals surface area contributed by atoms with Crippen molar-refractivity contribution in [2.75, 3.05) is 0 Å². The largest absolute Gasteiger partial charge is 0.386 e. The molecule has 2 heterocycles. The van der Waals surface area contributed by atoms with E-state index in [4.69, 9.17) is 4.98 Å². The maximum atomic E-state index is 10.8. The second-order valence-corrected chi connectivity index (χ2v) is 9.27. The second kappa shape index (κ2) is 6.18. The van der Waals surface area contributed by atoms with Gasteiger partial charge in [-0.25, -0.2) is 4.98 Å². The molecule has 0 saturated heterocycles. The molecule has 28 heavy (non-hydrogen) atoms. The van der Waals surface area contributed by atoms with Gasteiger partial charge in [0.1, 0.15) is 5.65 Å². The van der Waals surface area contributed by atoms with Gasteiger partial charge in [0.15, 0.2) is 0 Å². The number of nitrogens with zero attached hydrogens (tertiary/aromatic N) is 2. The van der Waals surface area contributed by atoms with Gasteiger partial charge in [-0.3, -0.25) is 4.57 Å². The van der Waals surface area contributed by atoms with Gasteiger partial charge in [-0.2, -0.15) is 0 Å². The van der Waals surface area contributed by atoms with Crippen molar-refractivity contribution in [3.8, 4) is 5.69 Å². The molecule has 4 rings (SSSR count). The Hall–Kier alpha value is -2.65. The van der Waals surface area contributed by atoms with Crippen LogP contribution in [-0.4, -0.2) is 14.7 Å². The Morgan fingerprint density at radius 2 is 1.64 bits per heavy atom. The van der Waals surface area contributed by atoms with Gasteiger partial charge in [0.05, 0.1) is 16.8 Å². The lowest BCUT2D eigenvalue weighted by molar-refractivity contribution is 0.0786. The molecule has 0 saturated carbocycles. The Bertz CT molecular complexity index is 1190. The van der Waals surface area contributed by atoms with Crippen LogP contribution < -0.4 is 0 Å². The van der Waals surface area contributed by atoms with E-state index < -0.39 is 5.60 Å². The molecule has 4 aromatic rings. The fraction of sp³-hybridized carbons (Fsp3) is 0.320.